The van der Waals surface area contributed by atoms with Gasteiger partial charge in [-0.2, -0.15) is 0 Å². The number of sulfonamides is 1. The topological polar surface area (TPSA) is 80.3 Å². The van der Waals surface area contributed by atoms with Gasteiger partial charge in [0.05, 0.1) is 5.69 Å². The average Bonchev–Trinajstić information content (AvgIpc) is 2.04. The van der Waals surface area contributed by atoms with Crippen molar-refractivity contribution in [1.29, 1.82) is 0 Å². The minimum Gasteiger partial charge on any atom is -0.282 e. The van der Waals surface area contributed by atoms with E-state index in [-0.39, 0.29) is 0 Å². The standard InChI is InChI=1S/C8H10BrNO4S2/c1-15(11,12)6-16(13,14)10-8-5-3-2-4-7(8)9/h2-5,10H,6H2,1H3. The maximum atomic E-state index is 11.5. The van der Waals surface area contributed by atoms with Crippen molar-refractivity contribution in [1.82, 2.24) is 0 Å². The fourth-order valence-corrected chi connectivity index (χ4v) is 4.54. The van der Waals surface area contributed by atoms with E-state index >= 15 is 0 Å². The molecular formula is C8H10BrNO4S2. The van der Waals surface area contributed by atoms with E-state index in [0.29, 0.717) is 10.2 Å². The first-order valence-corrected chi connectivity index (χ1v) is 8.63. The first kappa shape index (κ1) is 13.5. The first-order valence-electron chi connectivity index (χ1n) is 4.12. The molecule has 0 bridgehead atoms. The summed E-state index contributed by atoms with van der Waals surface area (Å²) in [5.41, 5.74) is 0.311. The van der Waals surface area contributed by atoms with Crippen molar-refractivity contribution in [3.63, 3.8) is 0 Å². The quantitative estimate of drug-likeness (QED) is 0.900. The summed E-state index contributed by atoms with van der Waals surface area (Å²) in [6.45, 7) is 0. The Balaban J connectivity index is 2.95. The molecule has 0 aliphatic carbocycles. The lowest BCUT2D eigenvalue weighted by Crippen LogP contribution is -2.22. The summed E-state index contributed by atoms with van der Waals surface area (Å²) in [7, 11) is -7.46. The number of rotatable bonds is 4. The highest BCUT2D eigenvalue weighted by Crippen LogP contribution is 2.22. The van der Waals surface area contributed by atoms with Gasteiger partial charge in [0.25, 0.3) is 0 Å². The second-order valence-corrected chi connectivity index (χ2v) is 8.32. The minimum atomic E-state index is -3.88. The Bertz CT molecular complexity index is 580. The number of para-hydroxylation sites is 1. The van der Waals surface area contributed by atoms with E-state index in [2.05, 4.69) is 20.7 Å². The molecule has 0 aliphatic heterocycles. The fraction of sp³-hybridized carbons (Fsp3) is 0.250. The van der Waals surface area contributed by atoms with Gasteiger partial charge in [-0.05, 0) is 28.1 Å². The van der Waals surface area contributed by atoms with Crippen LogP contribution in [0, 0.1) is 0 Å². The van der Waals surface area contributed by atoms with E-state index in [0.717, 1.165) is 6.26 Å². The molecule has 1 aromatic carbocycles. The van der Waals surface area contributed by atoms with Crippen LogP contribution in [-0.2, 0) is 19.9 Å². The third-order valence-corrected chi connectivity index (χ3v) is 5.68. The van der Waals surface area contributed by atoms with E-state index in [4.69, 9.17) is 0 Å². The molecule has 90 valence electrons. The van der Waals surface area contributed by atoms with Gasteiger partial charge in [0.15, 0.2) is 14.9 Å². The molecule has 0 unspecified atom stereocenters. The van der Waals surface area contributed by atoms with Crippen molar-refractivity contribution >= 4 is 41.5 Å². The molecule has 5 nitrogen and oxygen atoms in total. The smallest absolute Gasteiger partial charge is 0.247 e. The lowest BCUT2D eigenvalue weighted by atomic mass is 10.3. The Morgan fingerprint density at radius 2 is 1.75 bits per heavy atom. The molecule has 0 heterocycles. The molecule has 8 heteroatoms. The molecule has 0 saturated heterocycles. The SMILES string of the molecule is CS(=O)(=O)CS(=O)(=O)Nc1ccccc1Br. The predicted molar refractivity (Wildman–Crippen MR) is 66.4 cm³/mol. The van der Waals surface area contributed by atoms with Crippen molar-refractivity contribution in [2.45, 2.75) is 0 Å². The lowest BCUT2D eigenvalue weighted by molar-refractivity contribution is 0.595. The molecule has 0 atom stereocenters. The molecular weight excluding hydrogens is 318 g/mol. The first-order chi connectivity index (χ1) is 7.20. The predicted octanol–water partition coefficient (Wildman–Crippen LogP) is 1.19. The van der Waals surface area contributed by atoms with Crippen LogP contribution < -0.4 is 4.72 Å². The number of halogens is 1. The summed E-state index contributed by atoms with van der Waals surface area (Å²) < 4.78 is 47.4. The minimum absolute atomic E-state index is 0.311. The van der Waals surface area contributed by atoms with Gasteiger partial charge in [-0.1, -0.05) is 12.1 Å². The highest BCUT2D eigenvalue weighted by atomic mass is 79.9. The lowest BCUT2D eigenvalue weighted by Gasteiger charge is -2.08. The van der Waals surface area contributed by atoms with Crippen molar-refractivity contribution in [3.05, 3.63) is 28.7 Å². The zero-order valence-corrected chi connectivity index (χ0v) is 11.6. The van der Waals surface area contributed by atoms with Crippen LogP contribution in [-0.4, -0.2) is 28.2 Å². The van der Waals surface area contributed by atoms with Crippen LogP contribution in [0.25, 0.3) is 0 Å². The van der Waals surface area contributed by atoms with E-state index in [9.17, 15) is 16.8 Å². The Hall–Kier alpha value is -0.600. The maximum absolute atomic E-state index is 11.5. The fourth-order valence-electron chi connectivity index (χ4n) is 1.02. The third kappa shape index (κ3) is 4.50. The summed E-state index contributed by atoms with van der Waals surface area (Å²) >= 11 is 3.15. The maximum Gasteiger partial charge on any atom is 0.247 e. The van der Waals surface area contributed by atoms with Crippen LogP contribution in [0.5, 0.6) is 0 Å². The number of nitrogens with one attached hydrogen (secondary N) is 1. The normalized spacial score (nSPS) is 12.4. The van der Waals surface area contributed by atoms with Gasteiger partial charge in [-0.15, -0.1) is 0 Å². The Kier molecular flexibility index (Phi) is 3.97. The van der Waals surface area contributed by atoms with E-state index in [1.54, 1.807) is 18.2 Å². The van der Waals surface area contributed by atoms with Crippen LogP contribution in [0.15, 0.2) is 28.7 Å². The van der Waals surface area contributed by atoms with Gasteiger partial charge in [0.1, 0.15) is 0 Å². The molecule has 0 saturated carbocycles. The number of hydrogen-bond acceptors (Lipinski definition) is 4. The highest BCUT2D eigenvalue weighted by molar-refractivity contribution is 9.10. The highest BCUT2D eigenvalue weighted by Gasteiger charge is 2.18. The molecule has 0 amide bonds. The van der Waals surface area contributed by atoms with Gasteiger partial charge in [0.2, 0.25) is 10.0 Å². The van der Waals surface area contributed by atoms with Crippen LogP contribution in [0.4, 0.5) is 5.69 Å². The van der Waals surface area contributed by atoms with Gasteiger partial charge in [-0.25, -0.2) is 16.8 Å². The second kappa shape index (κ2) is 4.72. The summed E-state index contributed by atoms with van der Waals surface area (Å²) in [4.78, 5) is 0. The second-order valence-electron chi connectivity index (χ2n) is 3.24. The van der Waals surface area contributed by atoms with Crippen molar-refractivity contribution < 1.29 is 16.8 Å². The molecule has 0 spiro atoms. The summed E-state index contributed by atoms with van der Waals surface area (Å²) in [6.07, 6.45) is 0.867. The number of hydrogen-bond donors (Lipinski definition) is 1. The third-order valence-electron chi connectivity index (χ3n) is 1.51. The molecule has 1 rings (SSSR count). The molecule has 0 aromatic heterocycles. The summed E-state index contributed by atoms with van der Waals surface area (Å²) in [6, 6.07) is 6.55. The van der Waals surface area contributed by atoms with Crippen molar-refractivity contribution in [2.75, 3.05) is 16.1 Å². The monoisotopic (exact) mass is 327 g/mol. The van der Waals surface area contributed by atoms with Gasteiger partial charge in [0, 0.05) is 10.7 Å². The number of anilines is 1. The van der Waals surface area contributed by atoms with Crippen molar-refractivity contribution in [3.8, 4) is 0 Å². The van der Waals surface area contributed by atoms with Gasteiger partial charge in [-0.3, -0.25) is 4.72 Å². The Labute approximate surface area is 103 Å². The summed E-state index contributed by atoms with van der Waals surface area (Å²) in [5, 5.41) is -0.929. The van der Waals surface area contributed by atoms with Crippen LogP contribution >= 0.6 is 15.9 Å². The summed E-state index contributed by atoms with van der Waals surface area (Å²) in [5.74, 6) is 0. The zero-order valence-electron chi connectivity index (χ0n) is 8.34. The average molecular weight is 328 g/mol. The zero-order chi connectivity index (χ0) is 12.4. The van der Waals surface area contributed by atoms with Gasteiger partial charge >= 0.3 is 0 Å². The molecule has 0 fully saturated rings. The Morgan fingerprint density at radius 3 is 2.25 bits per heavy atom. The largest absolute Gasteiger partial charge is 0.282 e. The van der Waals surface area contributed by atoms with E-state index in [1.165, 1.54) is 6.07 Å². The van der Waals surface area contributed by atoms with Crippen LogP contribution in [0.3, 0.4) is 0 Å². The molecule has 1 N–H and O–H groups in total. The number of benzene rings is 1. The van der Waals surface area contributed by atoms with Gasteiger partial charge < -0.3 is 0 Å². The molecule has 1 aromatic rings. The van der Waals surface area contributed by atoms with E-state index in [1.807, 2.05) is 0 Å². The Morgan fingerprint density at radius 1 is 1.19 bits per heavy atom. The van der Waals surface area contributed by atoms with Crippen molar-refractivity contribution in [2.24, 2.45) is 0 Å². The molecule has 0 aliphatic rings. The number of sulfone groups is 1. The van der Waals surface area contributed by atoms with Crippen LogP contribution in [0.1, 0.15) is 0 Å². The van der Waals surface area contributed by atoms with E-state index < -0.39 is 24.9 Å². The molecule has 0 radical (unpaired) electrons. The molecule has 16 heavy (non-hydrogen) atoms. The van der Waals surface area contributed by atoms with Crippen LogP contribution in [0.2, 0.25) is 0 Å².